The van der Waals surface area contributed by atoms with E-state index >= 15 is 0 Å². The van der Waals surface area contributed by atoms with Gasteiger partial charge in [-0.2, -0.15) is 5.26 Å². The van der Waals surface area contributed by atoms with Crippen LogP contribution in [0.1, 0.15) is 32.6 Å². The van der Waals surface area contributed by atoms with E-state index < -0.39 is 0 Å². The maximum Gasteiger partial charge on any atom is 0.0976 e. The van der Waals surface area contributed by atoms with E-state index in [-0.39, 0.29) is 18.2 Å². The number of aliphatic hydroxyl groups is 1. The second-order valence-corrected chi connectivity index (χ2v) is 3.78. The Hall–Kier alpha value is -0.590. The van der Waals surface area contributed by atoms with E-state index in [4.69, 9.17) is 5.26 Å². The zero-order chi connectivity index (χ0) is 9.84. The summed E-state index contributed by atoms with van der Waals surface area (Å²) >= 11 is 0. The molecular formula is C10H18N2O. The van der Waals surface area contributed by atoms with Gasteiger partial charge in [-0.3, -0.25) is 4.90 Å². The lowest BCUT2D eigenvalue weighted by Gasteiger charge is -2.30. The Kier molecular flexibility index (Phi) is 3.71. The largest absolute Gasteiger partial charge is 0.391 e. The Morgan fingerprint density at radius 3 is 2.69 bits per heavy atom. The van der Waals surface area contributed by atoms with Gasteiger partial charge in [0.2, 0.25) is 0 Å². The molecule has 1 rings (SSSR count). The second kappa shape index (κ2) is 4.59. The average molecular weight is 182 g/mol. The number of rotatable bonds is 3. The van der Waals surface area contributed by atoms with Crippen molar-refractivity contribution in [3.63, 3.8) is 0 Å². The van der Waals surface area contributed by atoms with Gasteiger partial charge in [0.1, 0.15) is 0 Å². The second-order valence-electron chi connectivity index (χ2n) is 3.78. The topological polar surface area (TPSA) is 47.3 Å². The van der Waals surface area contributed by atoms with Crippen LogP contribution in [0.5, 0.6) is 0 Å². The minimum atomic E-state index is -0.229. The molecule has 0 amide bonds. The van der Waals surface area contributed by atoms with Crippen LogP contribution in [-0.4, -0.2) is 35.2 Å². The van der Waals surface area contributed by atoms with Crippen molar-refractivity contribution in [1.82, 2.24) is 4.90 Å². The molecule has 13 heavy (non-hydrogen) atoms. The summed E-state index contributed by atoms with van der Waals surface area (Å²) in [7, 11) is 1.94. The molecule has 0 radical (unpaired) electrons. The third-order valence-electron chi connectivity index (χ3n) is 2.99. The molecule has 0 aromatic heterocycles. The van der Waals surface area contributed by atoms with Gasteiger partial charge >= 0.3 is 0 Å². The maximum atomic E-state index is 9.65. The van der Waals surface area contributed by atoms with Crippen molar-refractivity contribution < 1.29 is 5.11 Å². The van der Waals surface area contributed by atoms with Crippen LogP contribution in [0.4, 0.5) is 0 Å². The molecule has 1 aliphatic rings. The predicted octanol–water partition coefficient (Wildman–Crippen LogP) is 1.13. The lowest BCUT2D eigenvalue weighted by Crippen LogP contribution is -2.43. The van der Waals surface area contributed by atoms with Gasteiger partial charge in [0, 0.05) is 6.04 Å². The van der Waals surface area contributed by atoms with Crippen molar-refractivity contribution in [3.05, 3.63) is 0 Å². The molecule has 0 aromatic carbocycles. The molecule has 1 unspecified atom stereocenters. The molecule has 1 fully saturated rings. The van der Waals surface area contributed by atoms with E-state index in [1.165, 1.54) is 0 Å². The van der Waals surface area contributed by atoms with Gasteiger partial charge in [0.05, 0.1) is 18.2 Å². The van der Waals surface area contributed by atoms with Crippen molar-refractivity contribution in [1.29, 1.82) is 5.26 Å². The van der Waals surface area contributed by atoms with E-state index in [9.17, 15) is 5.11 Å². The molecule has 3 nitrogen and oxygen atoms in total. The number of hydrogen-bond donors (Lipinski definition) is 1. The zero-order valence-corrected chi connectivity index (χ0v) is 8.40. The molecule has 3 atom stereocenters. The summed E-state index contributed by atoms with van der Waals surface area (Å²) in [5, 5.41) is 18.5. The fourth-order valence-electron chi connectivity index (χ4n) is 2.10. The summed E-state index contributed by atoms with van der Waals surface area (Å²) in [5.74, 6) is 0. The fraction of sp³-hybridized carbons (Fsp3) is 0.900. The van der Waals surface area contributed by atoms with Gasteiger partial charge in [-0.05, 0) is 32.7 Å². The standard InChI is InChI=1S/C10H18N2O/c1-3-8(7-11)12(2)9-5-4-6-10(9)13/h8-10,13H,3-6H2,1-2H3/t8?,9-,10-/m1/s1. The molecule has 0 aromatic rings. The quantitative estimate of drug-likeness (QED) is 0.712. The van der Waals surface area contributed by atoms with Crippen LogP contribution in [0.3, 0.4) is 0 Å². The molecule has 3 heteroatoms. The van der Waals surface area contributed by atoms with Crippen LogP contribution >= 0.6 is 0 Å². The number of hydrogen-bond acceptors (Lipinski definition) is 3. The van der Waals surface area contributed by atoms with Gasteiger partial charge in [0.25, 0.3) is 0 Å². The number of nitrogens with zero attached hydrogens (tertiary/aromatic N) is 2. The molecule has 1 saturated carbocycles. The van der Waals surface area contributed by atoms with Crippen molar-refractivity contribution in [2.45, 2.75) is 50.8 Å². The Morgan fingerprint density at radius 1 is 1.62 bits per heavy atom. The highest BCUT2D eigenvalue weighted by Crippen LogP contribution is 2.24. The lowest BCUT2D eigenvalue weighted by molar-refractivity contribution is 0.0729. The van der Waals surface area contributed by atoms with E-state index in [1.807, 2.05) is 18.9 Å². The smallest absolute Gasteiger partial charge is 0.0976 e. The van der Waals surface area contributed by atoms with Gasteiger partial charge in [-0.1, -0.05) is 6.92 Å². The SMILES string of the molecule is CCC(C#N)N(C)[C@@H]1CCC[C@H]1O. The fourth-order valence-corrected chi connectivity index (χ4v) is 2.10. The molecular weight excluding hydrogens is 164 g/mol. The Labute approximate surface area is 80.0 Å². The maximum absolute atomic E-state index is 9.65. The molecule has 74 valence electrons. The van der Waals surface area contributed by atoms with Crippen molar-refractivity contribution in [3.8, 4) is 6.07 Å². The summed E-state index contributed by atoms with van der Waals surface area (Å²) in [5.41, 5.74) is 0. The summed E-state index contributed by atoms with van der Waals surface area (Å²) in [6, 6.07) is 2.42. The highest BCUT2D eigenvalue weighted by Gasteiger charge is 2.31. The summed E-state index contributed by atoms with van der Waals surface area (Å²) < 4.78 is 0. The number of aliphatic hydroxyl groups excluding tert-OH is 1. The molecule has 0 heterocycles. The Balaban J connectivity index is 2.55. The van der Waals surface area contributed by atoms with Crippen molar-refractivity contribution in [2.24, 2.45) is 0 Å². The van der Waals surface area contributed by atoms with Crippen molar-refractivity contribution >= 4 is 0 Å². The van der Waals surface area contributed by atoms with Crippen LogP contribution in [0, 0.1) is 11.3 Å². The third-order valence-corrected chi connectivity index (χ3v) is 2.99. The normalized spacial score (nSPS) is 30.4. The Bertz CT molecular complexity index is 200. The monoisotopic (exact) mass is 182 g/mol. The lowest BCUT2D eigenvalue weighted by atomic mass is 10.1. The van der Waals surface area contributed by atoms with E-state index in [1.54, 1.807) is 0 Å². The molecule has 0 aliphatic heterocycles. The number of nitriles is 1. The molecule has 1 N–H and O–H groups in total. The predicted molar refractivity (Wildman–Crippen MR) is 51.1 cm³/mol. The molecule has 0 saturated heterocycles. The van der Waals surface area contributed by atoms with E-state index in [2.05, 4.69) is 6.07 Å². The summed E-state index contributed by atoms with van der Waals surface area (Å²) in [6.07, 6.45) is 3.59. The summed E-state index contributed by atoms with van der Waals surface area (Å²) in [4.78, 5) is 2.03. The van der Waals surface area contributed by atoms with Crippen LogP contribution in [0.2, 0.25) is 0 Å². The third kappa shape index (κ3) is 2.20. The van der Waals surface area contributed by atoms with E-state index in [0.29, 0.717) is 0 Å². The first-order valence-electron chi connectivity index (χ1n) is 5.00. The van der Waals surface area contributed by atoms with Crippen molar-refractivity contribution in [2.75, 3.05) is 7.05 Å². The first-order valence-corrected chi connectivity index (χ1v) is 5.00. The highest BCUT2D eigenvalue weighted by molar-refractivity contribution is 4.95. The van der Waals surface area contributed by atoms with Gasteiger partial charge < -0.3 is 5.11 Å². The molecule has 1 aliphatic carbocycles. The molecule has 0 bridgehead atoms. The average Bonchev–Trinajstić information content (AvgIpc) is 2.53. The summed E-state index contributed by atoms with van der Waals surface area (Å²) in [6.45, 7) is 2.01. The van der Waals surface area contributed by atoms with Crippen LogP contribution in [0.15, 0.2) is 0 Å². The van der Waals surface area contributed by atoms with Gasteiger partial charge in [-0.25, -0.2) is 0 Å². The minimum Gasteiger partial charge on any atom is -0.391 e. The highest BCUT2D eigenvalue weighted by atomic mass is 16.3. The number of likely N-dealkylation sites (N-methyl/N-ethyl adjacent to an activating group) is 1. The van der Waals surface area contributed by atoms with Crippen LogP contribution in [-0.2, 0) is 0 Å². The zero-order valence-electron chi connectivity index (χ0n) is 8.40. The van der Waals surface area contributed by atoms with Crippen LogP contribution < -0.4 is 0 Å². The Morgan fingerprint density at radius 2 is 2.31 bits per heavy atom. The van der Waals surface area contributed by atoms with E-state index in [0.717, 1.165) is 25.7 Å². The molecule has 0 spiro atoms. The first kappa shape index (κ1) is 10.5. The van der Waals surface area contributed by atoms with Gasteiger partial charge in [-0.15, -0.1) is 0 Å². The van der Waals surface area contributed by atoms with Gasteiger partial charge in [0.15, 0.2) is 0 Å². The van der Waals surface area contributed by atoms with Crippen LogP contribution in [0.25, 0.3) is 0 Å². The first-order chi connectivity index (χ1) is 6.20. The minimum absolute atomic E-state index is 0.0438.